The molecule has 9 nitrogen and oxygen atoms in total. The lowest BCUT2D eigenvalue weighted by atomic mass is 10.3. The number of likely N-dealkylation sites (tertiary alicyclic amines) is 1. The summed E-state index contributed by atoms with van der Waals surface area (Å²) in [5.74, 6) is -0.358. The number of aliphatic hydroxyl groups is 2. The van der Waals surface area contributed by atoms with Crippen LogP contribution in [0.25, 0.3) is 0 Å². The van der Waals surface area contributed by atoms with Crippen molar-refractivity contribution in [2.24, 2.45) is 0 Å². The van der Waals surface area contributed by atoms with Gasteiger partial charge in [0.1, 0.15) is 18.9 Å². The summed E-state index contributed by atoms with van der Waals surface area (Å²) in [6.07, 6.45) is 0.323. The minimum atomic E-state index is -0.944. The predicted octanol–water partition coefficient (Wildman–Crippen LogP) is -1.64. The van der Waals surface area contributed by atoms with E-state index in [1.807, 2.05) is 0 Å². The molecule has 1 aromatic rings. The first-order chi connectivity index (χ1) is 8.47. The van der Waals surface area contributed by atoms with Crippen molar-refractivity contribution >= 4 is 11.6 Å². The third-order valence-corrected chi connectivity index (χ3v) is 2.74. The molecule has 18 heavy (non-hydrogen) atoms. The number of rotatable bonds is 3. The van der Waals surface area contributed by atoms with Crippen LogP contribution in [0.4, 0.5) is 5.69 Å². The molecule has 1 saturated heterocycles. The van der Waals surface area contributed by atoms with Crippen molar-refractivity contribution < 1.29 is 19.9 Å². The van der Waals surface area contributed by atoms with E-state index < -0.39 is 17.1 Å². The highest BCUT2D eigenvalue weighted by Gasteiger charge is 2.32. The highest BCUT2D eigenvalue weighted by molar-refractivity contribution is 5.76. The lowest BCUT2D eigenvalue weighted by molar-refractivity contribution is -0.385. The molecule has 2 heterocycles. The lowest BCUT2D eigenvalue weighted by Gasteiger charge is -2.14. The van der Waals surface area contributed by atoms with Gasteiger partial charge in [0.25, 0.3) is 0 Å². The minimum Gasteiger partial charge on any atom is -0.388 e. The molecule has 2 rings (SSSR count). The number of β-amino-alcohol motifs (C(OH)–C–C–N with tert-alkyl or cyclic N) is 2. The zero-order valence-electron chi connectivity index (χ0n) is 9.34. The van der Waals surface area contributed by atoms with Gasteiger partial charge < -0.3 is 15.1 Å². The third-order valence-electron chi connectivity index (χ3n) is 2.74. The van der Waals surface area contributed by atoms with E-state index in [0.29, 0.717) is 0 Å². The maximum Gasteiger partial charge on any atom is 0.307 e. The van der Waals surface area contributed by atoms with Crippen LogP contribution in [0.3, 0.4) is 0 Å². The second kappa shape index (κ2) is 4.70. The van der Waals surface area contributed by atoms with Crippen molar-refractivity contribution in [3.63, 3.8) is 0 Å². The van der Waals surface area contributed by atoms with Crippen molar-refractivity contribution in [3.05, 3.63) is 22.5 Å². The van der Waals surface area contributed by atoms with Crippen LogP contribution < -0.4 is 0 Å². The van der Waals surface area contributed by atoms with Gasteiger partial charge in [0.2, 0.25) is 5.91 Å². The van der Waals surface area contributed by atoms with E-state index in [1.165, 1.54) is 4.90 Å². The van der Waals surface area contributed by atoms with E-state index >= 15 is 0 Å². The summed E-state index contributed by atoms with van der Waals surface area (Å²) < 4.78 is 1.15. The van der Waals surface area contributed by atoms with E-state index in [1.54, 1.807) is 0 Å². The van der Waals surface area contributed by atoms with Crippen molar-refractivity contribution in [2.45, 2.75) is 18.8 Å². The van der Waals surface area contributed by atoms with E-state index in [4.69, 9.17) is 0 Å². The summed E-state index contributed by atoms with van der Waals surface area (Å²) in [7, 11) is 0. The van der Waals surface area contributed by atoms with E-state index in [-0.39, 0.29) is 31.2 Å². The summed E-state index contributed by atoms with van der Waals surface area (Å²) in [6, 6.07) is 0. The van der Waals surface area contributed by atoms with Gasteiger partial charge in [-0.15, -0.1) is 0 Å². The van der Waals surface area contributed by atoms with Crippen molar-refractivity contribution in [1.82, 2.24) is 14.7 Å². The largest absolute Gasteiger partial charge is 0.388 e. The standard InChI is InChI=1S/C9H12N4O5/c14-7-3-11(4-8(7)15)9(16)5-12-2-6(1-10-12)13(17)18/h1-2,7-8,14-15H,3-5H2/t7-,8+. The summed E-state index contributed by atoms with van der Waals surface area (Å²) >= 11 is 0. The second-order valence-electron chi connectivity index (χ2n) is 4.09. The van der Waals surface area contributed by atoms with Gasteiger partial charge in [0.05, 0.1) is 17.1 Å². The summed E-state index contributed by atoms with van der Waals surface area (Å²) in [4.78, 5) is 22.9. The van der Waals surface area contributed by atoms with Crippen LogP contribution in [0.1, 0.15) is 0 Å². The Labute approximate surface area is 101 Å². The van der Waals surface area contributed by atoms with Gasteiger partial charge in [-0.05, 0) is 0 Å². The van der Waals surface area contributed by atoms with Gasteiger partial charge in [-0.3, -0.25) is 19.6 Å². The molecule has 2 N–H and O–H groups in total. The first-order valence-corrected chi connectivity index (χ1v) is 5.28. The summed E-state index contributed by atoms with van der Waals surface area (Å²) in [5, 5.41) is 32.7. The minimum absolute atomic E-state index is 0.0589. The summed E-state index contributed by atoms with van der Waals surface area (Å²) in [5.41, 5.74) is -0.190. The molecular weight excluding hydrogens is 244 g/mol. The van der Waals surface area contributed by atoms with Gasteiger partial charge in [-0.25, -0.2) is 0 Å². The average molecular weight is 256 g/mol. The molecule has 0 bridgehead atoms. The molecular formula is C9H12N4O5. The normalized spacial score (nSPS) is 23.3. The number of hydrogen-bond donors (Lipinski definition) is 2. The number of carbonyl (C=O) groups excluding carboxylic acids is 1. The fraction of sp³-hybridized carbons (Fsp3) is 0.556. The Morgan fingerprint density at radius 3 is 2.61 bits per heavy atom. The maximum absolute atomic E-state index is 11.8. The summed E-state index contributed by atoms with van der Waals surface area (Å²) in [6.45, 7) is -0.0417. The molecule has 1 fully saturated rings. The van der Waals surface area contributed by atoms with Crippen LogP contribution in [0.5, 0.6) is 0 Å². The lowest BCUT2D eigenvalue weighted by Crippen LogP contribution is -2.33. The van der Waals surface area contributed by atoms with Gasteiger partial charge in [-0.1, -0.05) is 0 Å². The zero-order valence-corrected chi connectivity index (χ0v) is 9.34. The molecule has 0 spiro atoms. The number of nitro groups is 1. The van der Waals surface area contributed by atoms with E-state index in [2.05, 4.69) is 5.10 Å². The quantitative estimate of drug-likeness (QED) is 0.494. The first kappa shape index (κ1) is 12.5. The number of nitrogens with zero attached hydrogens (tertiary/aromatic N) is 4. The topological polar surface area (TPSA) is 122 Å². The fourth-order valence-corrected chi connectivity index (χ4v) is 1.75. The number of aliphatic hydroxyl groups excluding tert-OH is 2. The molecule has 2 atom stereocenters. The van der Waals surface area contributed by atoms with Crippen LogP contribution in [0.15, 0.2) is 12.4 Å². The molecule has 0 aromatic carbocycles. The molecule has 1 aliphatic rings. The second-order valence-corrected chi connectivity index (χ2v) is 4.09. The van der Waals surface area contributed by atoms with Gasteiger partial charge in [-0.2, -0.15) is 5.10 Å². The molecule has 1 amide bonds. The maximum atomic E-state index is 11.8. The molecule has 0 radical (unpaired) electrons. The van der Waals surface area contributed by atoms with E-state index in [0.717, 1.165) is 17.1 Å². The Kier molecular flexibility index (Phi) is 3.26. The number of carbonyl (C=O) groups is 1. The van der Waals surface area contributed by atoms with Crippen LogP contribution in [-0.2, 0) is 11.3 Å². The van der Waals surface area contributed by atoms with Gasteiger partial charge in [0.15, 0.2) is 0 Å². The highest BCUT2D eigenvalue weighted by Crippen LogP contribution is 2.12. The SMILES string of the molecule is O=C(Cn1cc([N+](=O)[O-])cn1)N1C[C@@H](O)[C@@H](O)C1. The van der Waals surface area contributed by atoms with Crippen molar-refractivity contribution in [2.75, 3.05) is 13.1 Å². The van der Waals surface area contributed by atoms with Crippen LogP contribution >= 0.6 is 0 Å². The van der Waals surface area contributed by atoms with Crippen LogP contribution in [-0.4, -0.2) is 61.0 Å². The Morgan fingerprint density at radius 1 is 1.50 bits per heavy atom. The first-order valence-electron chi connectivity index (χ1n) is 5.28. The molecule has 98 valence electrons. The number of aromatic nitrogens is 2. The molecule has 1 aromatic heterocycles. The van der Waals surface area contributed by atoms with Crippen LogP contribution in [0.2, 0.25) is 0 Å². The van der Waals surface area contributed by atoms with Crippen molar-refractivity contribution in [3.8, 4) is 0 Å². The fourth-order valence-electron chi connectivity index (χ4n) is 1.75. The Hall–Kier alpha value is -2.00. The zero-order chi connectivity index (χ0) is 13.3. The molecule has 1 aliphatic heterocycles. The molecule has 9 heteroatoms. The number of amides is 1. The molecule has 0 unspecified atom stereocenters. The molecule has 0 aliphatic carbocycles. The Balaban J connectivity index is 1.97. The van der Waals surface area contributed by atoms with Gasteiger partial charge in [0, 0.05) is 13.1 Å². The predicted molar refractivity (Wildman–Crippen MR) is 57.5 cm³/mol. The van der Waals surface area contributed by atoms with Gasteiger partial charge >= 0.3 is 5.69 Å². The third kappa shape index (κ3) is 2.46. The molecule has 0 saturated carbocycles. The Bertz CT molecular complexity index is 463. The van der Waals surface area contributed by atoms with Crippen LogP contribution in [0, 0.1) is 10.1 Å². The Morgan fingerprint density at radius 2 is 2.11 bits per heavy atom. The highest BCUT2D eigenvalue weighted by atomic mass is 16.6. The number of hydrogen-bond acceptors (Lipinski definition) is 6. The monoisotopic (exact) mass is 256 g/mol. The average Bonchev–Trinajstić information content (AvgIpc) is 2.87. The van der Waals surface area contributed by atoms with Crippen molar-refractivity contribution in [1.29, 1.82) is 0 Å². The van der Waals surface area contributed by atoms with E-state index in [9.17, 15) is 25.1 Å². The smallest absolute Gasteiger partial charge is 0.307 e.